The molecule has 0 bridgehead atoms. The zero-order valence-corrected chi connectivity index (χ0v) is 15.8. The van der Waals surface area contributed by atoms with Gasteiger partial charge in [0.05, 0.1) is 13.2 Å². The number of nitrogens with two attached hydrogens (primary N) is 1. The number of unbranched alkanes of at least 4 members (excludes halogenated alkanes) is 1. The number of ether oxygens (including phenoxy) is 2. The molecule has 25 heavy (non-hydrogen) atoms. The molecule has 0 fully saturated rings. The zero-order valence-electron chi connectivity index (χ0n) is 15.8. The topological polar surface area (TPSA) is 44.5 Å². The minimum atomic E-state index is 0.244. The first-order valence-electron chi connectivity index (χ1n) is 9.33. The van der Waals surface area contributed by atoms with E-state index in [0.29, 0.717) is 13.2 Å². The molecule has 0 spiro atoms. The second-order valence-electron chi connectivity index (χ2n) is 6.46. The van der Waals surface area contributed by atoms with Crippen molar-refractivity contribution in [3.63, 3.8) is 0 Å². The van der Waals surface area contributed by atoms with Gasteiger partial charge in [-0.05, 0) is 62.6 Å². The van der Waals surface area contributed by atoms with Gasteiger partial charge in [-0.25, -0.2) is 0 Å². The van der Waals surface area contributed by atoms with Crippen LogP contribution in [0.2, 0.25) is 0 Å². The van der Waals surface area contributed by atoms with E-state index in [1.807, 2.05) is 6.92 Å². The quantitative estimate of drug-likeness (QED) is 0.628. The molecule has 3 nitrogen and oxygen atoms in total. The summed E-state index contributed by atoms with van der Waals surface area (Å²) >= 11 is 0. The van der Waals surface area contributed by atoms with Gasteiger partial charge in [-0.3, -0.25) is 0 Å². The third-order valence-corrected chi connectivity index (χ3v) is 4.36. The standard InChI is InChI=1S/C22H31NO2/c1-4-6-13-25-20-10-8-18(9-11-20)15-19(16-23)21-14-17(3)7-12-22(21)24-5-2/h7-12,14,19H,4-6,13,15-16,23H2,1-3H3. The van der Waals surface area contributed by atoms with Crippen molar-refractivity contribution < 1.29 is 9.47 Å². The molecule has 0 amide bonds. The highest BCUT2D eigenvalue weighted by molar-refractivity contribution is 5.41. The van der Waals surface area contributed by atoms with E-state index >= 15 is 0 Å². The molecular weight excluding hydrogens is 310 g/mol. The summed E-state index contributed by atoms with van der Waals surface area (Å²) in [6, 6.07) is 14.7. The molecule has 136 valence electrons. The number of hydrogen-bond acceptors (Lipinski definition) is 3. The van der Waals surface area contributed by atoms with Gasteiger partial charge < -0.3 is 15.2 Å². The maximum absolute atomic E-state index is 6.10. The molecule has 3 heteroatoms. The molecule has 2 aromatic rings. The fraction of sp³-hybridized carbons (Fsp3) is 0.455. The Morgan fingerprint density at radius 3 is 2.40 bits per heavy atom. The summed E-state index contributed by atoms with van der Waals surface area (Å²) in [4.78, 5) is 0. The highest BCUT2D eigenvalue weighted by Gasteiger charge is 2.16. The molecule has 2 aromatic carbocycles. The van der Waals surface area contributed by atoms with Gasteiger partial charge in [-0.2, -0.15) is 0 Å². The highest BCUT2D eigenvalue weighted by Crippen LogP contribution is 2.30. The van der Waals surface area contributed by atoms with E-state index < -0.39 is 0 Å². The SMILES string of the molecule is CCCCOc1ccc(CC(CN)c2cc(C)ccc2OCC)cc1. The summed E-state index contributed by atoms with van der Waals surface area (Å²) in [6.07, 6.45) is 3.13. The highest BCUT2D eigenvalue weighted by atomic mass is 16.5. The zero-order chi connectivity index (χ0) is 18.1. The van der Waals surface area contributed by atoms with Crippen LogP contribution >= 0.6 is 0 Å². The lowest BCUT2D eigenvalue weighted by molar-refractivity contribution is 0.309. The van der Waals surface area contributed by atoms with E-state index in [4.69, 9.17) is 15.2 Å². The summed E-state index contributed by atoms with van der Waals surface area (Å²) < 4.78 is 11.6. The van der Waals surface area contributed by atoms with E-state index in [-0.39, 0.29) is 5.92 Å². The molecule has 0 saturated heterocycles. The Morgan fingerprint density at radius 1 is 1.00 bits per heavy atom. The van der Waals surface area contributed by atoms with Gasteiger partial charge in [0, 0.05) is 5.92 Å². The number of hydrogen-bond donors (Lipinski definition) is 1. The van der Waals surface area contributed by atoms with Crippen LogP contribution in [0.15, 0.2) is 42.5 Å². The number of rotatable bonds is 10. The van der Waals surface area contributed by atoms with E-state index in [1.165, 1.54) is 16.7 Å². The van der Waals surface area contributed by atoms with Crippen molar-refractivity contribution in [1.29, 1.82) is 0 Å². The monoisotopic (exact) mass is 341 g/mol. The van der Waals surface area contributed by atoms with Crippen LogP contribution in [0.4, 0.5) is 0 Å². The molecule has 0 aliphatic heterocycles. The molecule has 0 radical (unpaired) electrons. The van der Waals surface area contributed by atoms with Crippen LogP contribution in [0.1, 0.15) is 49.3 Å². The van der Waals surface area contributed by atoms with Crippen LogP contribution in [0.5, 0.6) is 11.5 Å². The minimum Gasteiger partial charge on any atom is -0.494 e. The fourth-order valence-electron chi connectivity index (χ4n) is 2.93. The maximum atomic E-state index is 6.10. The van der Waals surface area contributed by atoms with Crippen molar-refractivity contribution >= 4 is 0 Å². The Bertz CT molecular complexity index is 637. The van der Waals surface area contributed by atoms with Gasteiger partial charge in [0.2, 0.25) is 0 Å². The van der Waals surface area contributed by atoms with E-state index in [9.17, 15) is 0 Å². The Morgan fingerprint density at radius 2 is 1.76 bits per heavy atom. The molecule has 2 rings (SSSR count). The van der Waals surface area contributed by atoms with Crippen molar-refractivity contribution in [2.24, 2.45) is 5.73 Å². The molecule has 1 unspecified atom stereocenters. The van der Waals surface area contributed by atoms with Crippen LogP contribution in [0, 0.1) is 6.92 Å². The van der Waals surface area contributed by atoms with Crippen molar-refractivity contribution in [3.8, 4) is 11.5 Å². The molecular formula is C22H31NO2. The molecule has 0 heterocycles. The molecule has 1 atom stereocenters. The lowest BCUT2D eigenvalue weighted by atomic mass is 9.90. The van der Waals surface area contributed by atoms with Crippen LogP contribution in [-0.2, 0) is 6.42 Å². The van der Waals surface area contributed by atoms with Gasteiger partial charge in [-0.15, -0.1) is 0 Å². The first-order chi connectivity index (χ1) is 12.2. The van der Waals surface area contributed by atoms with Gasteiger partial charge in [0.25, 0.3) is 0 Å². The lowest BCUT2D eigenvalue weighted by Gasteiger charge is -2.20. The van der Waals surface area contributed by atoms with Gasteiger partial charge >= 0.3 is 0 Å². The third kappa shape index (κ3) is 5.79. The van der Waals surface area contributed by atoms with Crippen LogP contribution in [0.25, 0.3) is 0 Å². The first kappa shape index (κ1) is 19.3. The fourth-order valence-corrected chi connectivity index (χ4v) is 2.93. The van der Waals surface area contributed by atoms with Crippen LogP contribution in [-0.4, -0.2) is 19.8 Å². The summed E-state index contributed by atoms with van der Waals surface area (Å²) in [7, 11) is 0. The first-order valence-corrected chi connectivity index (χ1v) is 9.33. The molecule has 0 saturated carbocycles. The second-order valence-corrected chi connectivity index (χ2v) is 6.46. The van der Waals surface area contributed by atoms with E-state index in [0.717, 1.165) is 37.4 Å². The van der Waals surface area contributed by atoms with E-state index in [1.54, 1.807) is 0 Å². The predicted octanol–water partition coefficient (Wildman–Crippen LogP) is 4.86. The van der Waals surface area contributed by atoms with E-state index in [2.05, 4.69) is 56.3 Å². The van der Waals surface area contributed by atoms with Crippen molar-refractivity contribution in [2.45, 2.75) is 46.0 Å². The molecule has 0 aromatic heterocycles. The number of aryl methyl sites for hydroxylation is 1. The summed E-state index contributed by atoms with van der Waals surface area (Å²) in [5.41, 5.74) is 9.80. The van der Waals surface area contributed by atoms with Gasteiger partial charge in [-0.1, -0.05) is 43.2 Å². The summed E-state index contributed by atoms with van der Waals surface area (Å²) in [6.45, 7) is 8.33. The predicted molar refractivity (Wildman–Crippen MR) is 105 cm³/mol. The molecule has 0 aliphatic carbocycles. The maximum Gasteiger partial charge on any atom is 0.122 e. The van der Waals surface area contributed by atoms with Crippen LogP contribution in [0.3, 0.4) is 0 Å². The summed E-state index contributed by atoms with van der Waals surface area (Å²) in [5, 5.41) is 0. The molecule has 0 aliphatic rings. The Balaban J connectivity index is 2.10. The van der Waals surface area contributed by atoms with Crippen molar-refractivity contribution in [1.82, 2.24) is 0 Å². The Labute approximate surface area is 152 Å². The molecule has 2 N–H and O–H groups in total. The smallest absolute Gasteiger partial charge is 0.122 e. The average Bonchev–Trinajstić information content (AvgIpc) is 2.63. The second kappa shape index (κ2) is 10.1. The Kier molecular flexibility index (Phi) is 7.80. The lowest BCUT2D eigenvalue weighted by Crippen LogP contribution is -2.16. The summed E-state index contributed by atoms with van der Waals surface area (Å²) in [5.74, 6) is 2.13. The van der Waals surface area contributed by atoms with Gasteiger partial charge in [0.1, 0.15) is 11.5 Å². The van der Waals surface area contributed by atoms with Gasteiger partial charge in [0.15, 0.2) is 0 Å². The van der Waals surface area contributed by atoms with Crippen LogP contribution < -0.4 is 15.2 Å². The largest absolute Gasteiger partial charge is 0.494 e. The van der Waals surface area contributed by atoms with Crippen molar-refractivity contribution in [2.75, 3.05) is 19.8 Å². The normalized spacial score (nSPS) is 12.0. The number of benzene rings is 2. The minimum absolute atomic E-state index is 0.244. The Hall–Kier alpha value is -2.00. The third-order valence-electron chi connectivity index (χ3n) is 4.36. The van der Waals surface area contributed by atoms with Crippen molar-refractivity contribution in [3.05, 3.63) is 59.2 Å². The average molecular weight is 341 g/mol.